The molecule has 2 aromatic carbocycles. The van der Waals surface area contributed by atoms with Gasteiger partial charge in [0.05, 0.1) is 5.41 Å². The zero-order chi connectivity index (χ0) is 20.0. The molecule has 4 nitrogen and oxygen atoms in total. The lowest BCUT2D eigenvalue weighted by Gasteiger charge is -2.46. The van der Waals surface area contributed by atoms with Crippen LogP contribution < -0.4 is 5.73 Å². The highest BCUT2D eigenvalue weighted by Gasteiger charge is 2.53. The molecule has 142 valence electrons. The SMILES string of the molecule is CN1C(=O)C(C)(C)[C@@](C)(c2cc(Cc3ccccc3Cl)ccc2F)N=C1N. The molecule has 0 bridgehead atoms. The van der Waals surface area contributed by atoms with Gasteiger partial charge in [-0.05, 0) is 50.5 Å². The second kappa shape index (κ2) is 6.64. The summed E-state index contributed by atoms with van der Waals surface area (Å²) in [6, 6.07) is 12.4. The highest BCUT2D eigenvalue weighted by atomic mass is 35.5. The Hall–Kier alpha value is -2.40. The van der Waals surface area contributed by atoms with Crippen molar-refractivity contribution in [3.63, 3.8) is 0 Å². The Kier molecular flexibility index (Phi) is 4.76. The van der Waals surface area contributed by atoms with Gasteiger partial charge in [0.1, 0.15) is 11.4 Å². The monoisotopic (exact) mass is 387 g/mol. The van der Waals surface area contributed by atoms with Crippen LogP contribution in [0, 0.1) is 11.2 Å². The number of benzene rings is 2. The van der Waals surface area contributed by atoms with Gasteiger partial charge < -0.3 is 5.73 Å². The molecule has 0 aliphatic carbocycles. The number of nitrogens with zero attached hydrogens (tertiary/aromatic N) is 2. The third kappa shape index (κ3) is 3.10. The molecule has 6 heteroatoms. The van der Waals surface area contributed by atoms with Gasteiger partial charge in [0.25, 0.3) is 0 Å². The number of hydrogen-bond acceptors (Lipinski definition) is 3. The van der Waals surface area contributed by atoms with E-state index in [4.69, 9.17) is 17.3 Å². The molecule has 0 unspecified atom stereocenters. The number of guanidine groups is 1. The lowest BCUT2D eigenvalue weighted by molar-refractivity contribution is -0.140. The first-order valence-corrected chi connectivity index (χ1v) is 9.11. The fourth-order valence-electron chi connectivity index (χ4n) is 3.49. The van der Waals surface area contributed by atoms with Gasteiger partial charge in [0.2, 0.25) is 5.91 Å². The van der Waals surface area contributed by atoms with Crippen molar-refractivity contribution in [2.45, 2.75) is 32.7 Å². The molecule has 0 saturated carbocycles. The largest absolute Gasteiger partial charge is 0.369 e. The lowest BCUT2D eigenvalue weighted by Crippen LogP contribution is -2.58. The molecule has 0 radical (unpaired) electrons. The zero-order valence-electron chi connectivity index (χ0n) is 15.9. The third-order valence-corrected chi connectivity index (χ3v) is 6.01. The van der Waals surface area contributed by atoms with Crippen molar-refractivity contribution in [3.05, 3.63) is 70.0 Å². The van der Waals surface area contributed by atoms with Crippen LogP contribution in [0.5, 0.6) is 0 Å². The Balaban J connectivity index is 2.11. The summed E-state index contributed by atoms with van der Waals surface area (Å²) in [6.45, 7) is 5.28. The first-order chi connectivity index (χ1) is 12.6. The van der Waals surface area contributed by atoms with Crippen LogP contribution in [-0.4, -0.2) is 23.8 Å². The standard InChI is InChI=1S/C21H23ClFN3O/c1-20(2)18(27)26(4)19(24)25-21(20,3)15-12-13(9-10-17(15)23)11-14-7-5-6-8-16(14)22/h5-10,12H,11H2,1-4H3,(H2,24,25)/t21-/m1/s1. The van der Waals surface area contributed by atoms with Crippen molar-refractivity contribution in [1.82, 2.24) is 4.90 Å². The van der Waals surface area contributed by atoms with Crippen LogP contribution in [0.1, 0.15) is 37.5 Å². The van der Waals surface area contributed by atoms with Crippen molar-refractivity contribution in [3.8, 4) is 0 Å². The van der Waals surface area contributed by atoms with E-state index in [-0.39, 0.29) is 11.9 Å². The van der Waals surface area contributed by atoms with E-state index >= 15 is 0 Å². The van der Waals surface area contributed by atoms with Crippen LogP contribution in [0.2, 0.25) is 5.02 Å². The minimum absolute atomic E-state index is 0.0812. The number of nitrogens with two attached hydrogens (primary N) is 1. The van der Waals surface area contributed by atoms with E-state index < -0.39 is 16.8 Å². The van der Waals surface area contributed by atoms with E-state index in [0.717, 1.165) is 11.1 Å². The predicted molar refractivity (Wildman–Crippen MR) is 106 cm³/mol. The number of carbonyl (C=O) groups excluding carboxylic acids is 1. The smallest absolute Gasteiger partial charge is 0.237 e. The van der Waals surface area contributed by atoms with Crippen LogP contribution in [0.3, 0.4) is 0 Å². The van der Waals surface area contributed by atoms with Crippen LogP contribution in [-0.2, 0) is 16.8 Å². The molecule has 0 fully saturated rings. The summed E-state index contributed by atoms with van der Waals surface area (Å²) in [5.74, 6) is -0.534. The van der Waals surface area contributed by atoms with Crippen molar-refractivity contribution < 1.29 is 9.18 Å². The number of rotatable bonds is 3. The normalized spacial score (nSPS) is 21.9. The molecule has 1 atom stereocenters. The van der Waals surface area contributed by atoms with Crippen LogP contribution in [0.15, 0.2) is 47.5 Å². The number of halogens is 2. The summed E-state index contributed by atoms with van der Waals surface area (Å²) in [7, 11) is 1.58. The fraction of sp³-hybridized carbons (Fsp3) is 0.333. The van der Waals surface area contributed by atoms with Gasteiger partial charge in [-0.3, -0.25) is 9.69 Å². The van der Waals surface area contributed by atoms with E-state index in [9.17, 15) is 9.18 Å². The summed E-state index contributed by atoms with van der Waals surface area (Å²) < 4.78 is 14.9. The van der Waals surface area contributed by atoms with Crippen molar-refractivity contribution in [1.29, 1.82) is 0 Å². The molecule has 2 aromatic rings. The molecular weight excluding hydrogens is 365 g/mol. The molecule has 1 aliphatic heterocycles. The van der Waals surface area contributed by atoms with E-state index in [1.807, 2.05) is 24.3 Å². The minimum atomic E-state index is -1.12. The first-order valence-electron chi connectivity index (χ1n) is 8.73. The van der Waals surface area contributed by atoms with Crippen LogP contribution in [0.4, 0.5) is 4.39 Å². The maximum absolute atomic E-state index is 14.9. The number of amides is 1. The average Bonchev–Trinajstić information content (AvgIpc) is 2.62. The summed E-state index contributed by atoms with van der Waals surface area (Å²) in [6.07, 6.45) is 0.552. The molecule has 1 amide bonds. The molecule has 0 saturated heterocycles. The topological polar surface area (TPSA) is 58.7 Å². The van der Waals surface area contributed by atoms with E-state index in [1.165, 1.54) is 11.0 Å². The van der Waals surface area contributed by atoms with Gasteiger partial charge in [-0.15, -0.1) is 0 Å². The van der Waals surface area contributed by atoms with Crippen LogP contribution in [0.25, 0.3) is 0 Å². The Morgan fingerprint density at radius 2 is 1.85 bits per heavy atom. The highest BCUT2D eigenvalue weighted by molar-refractivity contribution is 6.31. The molecule has 1 aliphatic rings. The summed E-state index contributed by atoms with van der Waals surface area (Å²) in [5, 5.41) is 0.659. The molecule has 1 heterocycles. The summed E-state index contributed by atoms with van der Waals surface area (Å²) in [4.78, 5) is 18.6. The van der Waals surface area contributed by atoms with Gasteiger partial charge in [-0.25, -0.2) is 9.38 Å². The number of aliphatic imine (C=N–C) groups is 1. The first kappa shape index (κ1) is 19.4. The Morgan fingerprint density at radius 1 is 1.19 bits per heavy atom. The van der Waals surface area contributed by atoms with Gasteiger partial charge in [0, 0.05) is 17.6 Å². The quantitative estimate of drug-likeness (QED) is 0.861. The fourth-order valence-corrected chi connectivity index (χ4v) is 3.69. The van der Waals surface area contributed by atoms with Crippen molar-refractivity contribution >= 4 is 23.5 Å². The maximum Gasteiger partial charge on any atom is 0.237 e. The third-order valence-electron chi connectivity index (χ3n) is 5.65. The second-order valence-corrected chi connectivity index (χ2v) is 8.02. The Labute approximate surface area is 163 Å². The molecule has 0 aromatic heterocycles. The van der Waals surface area contributed by atoms with E-state index in [1.54, 1.807) is 40.0 Å². The minimum Gasteiger partial charge on any atom is -0.369 e. The zero-order valence-corrected chi connectivity index (χ0v) is 16.6. The highest BCUT2D eigenvalue weighted by Crippen LogP contribution is 2.47. The maximum atomic E-state index is 14.9. The van der Waals surface area contributed by atoms with Gasteiger partial charge in [-0.2, -0.15) is 0 Å². The lowest BCUT2D eigenvalue weighted by atomic mass is 9.67. The Morgan fingerprint density at radius 3 is 2.52 bits per heavy atom. The molecule has 2 N–H and O–H groups in total. The van der Waals surface area contributed by atoms with E-state index in [0.29, 0.717) is 17.0 Å². The van der Waals surface area contributed by atoms with Gasteiger partial charge >= 0.3 is 0 Å². The molecule has 3 rings (SSSR count). The number of carbonyl (C=O) groups is 1. The molecule has 27 heavy (non-hydrogen) atoms. The summed E-state index contributed by atoms with van der Waals surface area (Å²) in [5.41, 5.74) is 6.04. The average molecular weight is 388 g/mol. The second-order valence-electron chi connectivity index (χ2n) is 7.61. The van der Waals surface area contributed by atoms with Crippen molar-refractivity contribution in [2.24, 2.45) is 16.1 Å². The molecular formula is C21H23ClFN3O. The van der Waals surface area contributed by atoms with Gasteiger partial charge in [0.15, 0.2) is 5.96 Å². The summed E-state index contributed by atoms with van der Waals surface area (Å²) >= 11 is 6.26. The Bertz CT molecular complexity index is 941. The van der Waals surface area contributed by atoms with Crippen LogP contribution >= 0.6 is 11.6 Å². The predicted octanol–water partition coefficient (Wildman–Crippen LogP) is 4.10. The van der Waals surface area contributed by atoms with E-state index in [2.05, 4.69) is 4.99 Å². The number of hydrogen-bond donors (Lipinski definition) is 1. The van der Waals surface area contributed by atoms with Crippen molar-refractivity contribution in [2.75, 3.05) is 7.05 Å². The molecule has 0 spiro atoms. The van der Waals surface area contributed by atoms with Gasteiger partial charge in [-0.1, -0.05) is 41.9 Å².